The second kappa shape index (κ2) is 7.91. The normalized spacial score (nSPS) is 10.2. The average Bonchev–Trinajstić information content (AvgIpc) is 2.53. The van der Waals surface area contributed by atoms with E-state index in [-0.39, 0.29) is 11.7 Å². The Morgan fingerprint density at radius 2 is 1.91 bits per heavy atom. The molecule has 0 aliphatic carbocycles. The Bertz CT molecular complexity index is 689. The number of nitrogens with one attached hydrogen (secondary N) is 1. The van der Waals surface area contributed by atoms with Crippen molar-refractivity contribution in [2.75, 3.05) is 17.3 Å². The predicted octanol–water partition coefficient (Wildman–Crippen LogP) is 3.24. The van der Waals surface area contributed by atoms with E-state index in [1.165, 1.54) is 11.8 Å². The highest BCUT2D eigenvalue weighted by Crippen LogP contribution is 2.24. The number of anilines is 1. The first-order chi connectivity index (χ1) is 10.6. The van der Waals surface area contributed by atoms with Crippen LogP contribution in [0.25, 0.3) is 0 Å². The van der Waals surface area contributed by atoms with Crippen LogP contribution in [0.1, 0.15) is 10.4 Å². The molecule has 0 heterocycles. The summed E-state index contributed by atoms with van der Waals surface area (Å²) in [5.41, 5.74) is 6.43. The molecule has 6 heteroatoms. The van der Waals surface area contributed by atoms with Crippen LogP contribution in [0.15, 0.2) is 58.3 Å². The largest absolute Gasteiger partial charge is 0.369 e. The average molecular weight is 332 g/mol. The van der Waals surface area contributed by atoms with Gasteiger partial charge in [0.25, 0.3) is 5.91 Å². The van der Waals surface area contributed by atoms with Gasteiger partial charge in [-0.3, -0.25) is 9.59 Å². The lowest BCUT2D eigenvalue weighted by Crippen LogP contribution is -2.15. The number of carbonyl (C=O) groups is 2. The predicted molar refractivity (Wildman–Crippen MR) is 92.5 cm³/mol. The minimum absolute atomic E-state index is 0.145. The standard InChI is InChI=1S/C16H16N2O2S2/c1-21-12-6-4-5-11(9-12)18-16(20)13-7-2-3-8-14(13)22-10-15(17)19/h2-9H,10H2,1H3,(H2,17,19)(H,18,20). The number of amides is 2. The van der Waals surface area contributed by atoms with Gasteiger partial charge < -0.3 is 11.1 Å². The molecule has 2 amide bonds. The van der Waals surface area contributed by atoms with Gasteiger partial charge in [0.15, 0.2) is 0 Å². The number of benzene rings is 2. The van der Waals surface area contributed by atoms with E-state index in [2.05, 4.69) is 5.32 Å². The van der Waals surface area contributed by atoms with E-state index in [0.29, 0.717) is 5.56 Å². The Hall–Kier alpha value is -1.92. The Morgan fingerprint density at radius 3 is 2.64 bits per heavy atom. The van der Waals surface area contributed by atoms with Crippen LogP contribution in [0.3, 0.4) is 0 Å². The van der Waals surface area contributed by atoms with Crippen molar-refractivity contribution in [1.29, 1.82) is 0 Å². The zero-order chi connectivity index (χ0) is 15.9. The minimum Gasteiger partial charge on any atom is -0.369 e. The molecular weight excluding hydrogens is 316 g/mol. The molecule has 2 aromatic carbocycles. The third-order valence-electron chi connectivity index (χ3n) is 2.83. The minimum atomic E-state index is -0.409. The lowest BCUT2D eigenvalue weighted by molar-refractivity contribution is -0.115. The van der Waals surface area contributed by atoms with Crippen molar-refractivity contribution in [2.24, 2.45) is 5.73 Å². The lowest BCUT2D eigenvalue weighted by atomic mass is 10.2. The van der Waals surface area contributed by atoms with E-state index in [4.69, 9.17) is 5.73 Å². The maximum absolute atomic E-state index is 12.4. The molecule has 22 heavy (non-hydrogen) atoms. The van der Waals surface area contributed by atoms with Crippen molar-refractivity contribution in [3.63, 3.8) is 0 Å². The summed E-state index contributed by atoms with van der Waals surface area (Å²) in [6.07, 6.45) is 1.98. The second-order valence-corrected chi connectivity index (χ2v) is 6.33. The molecular formula is C16H16N2O2S2. The Balaban J connectivity index is 2.16. The fourth-order valence-corrected chi connectivity index (χ4v) is 3.08. The molecule has 0 bridgehead atoms. The number of carbonyl (C=O) groups excluding carboxylic acids is 2. The summed E-state index contributed by atoms with van der Waals surface area (Å²) in [6.45, 7) is 0. The van der Waals surface area contributed by atoms with Crippen LogP contribution in [-0.4, -0.2) is 23.8 Å². The molecule has 0 saturated carbocycles. The van der Waals surface area contributed by atoms with E-state index in [9.17, 15) is 9.59 Å². The second-order valence-electron chi connectivity index (χ2n) is 4.44. The maximum atomic E-state index is 12.4. The fraction of sp³-hybridized carbons (Fsp3) is 0.125. The molecule has 0 fully saturated rings. The SMILES string of the molecule is CSc1cccc(NC(=O)c2ccccc2SCC(N)=O)c1. The molecule has 4 nitrogen and oxygen atoms in total. The first-order valence-corrected chi connectivity index (χ1v) is 8.76. The molecule has 0 aliphatic rings. The molecule has 0 aliphatic heterocycles. The first kappa shape index (κ1) is 16.5. The summed E-state index contributed by atoms with van der Waals surface area (Å²) in [4.78, 5) is 25.2. The third kappa shape index (κ3) is 4.54. The van der Waals surface area contributed by atoms with Gasteiger partial charge in [-0.1, -0.05) is 18.2 Å². The van der Waals surface area contributed by atoms with Crippen LogP contribution in [0.5, 0.6) is 0 Å². The number of thioether (sulfide) groups is 2. The molecule has 2 rings (SSSR count). The summed E-state index contributed by atoms with van der Waals surface area (Å²) in [5.74, 6) is -0.467. The van der Waals surface area contributed by atoms with Crippen LogP contribution in [0.2, 0.25) is 0 Å². The molecule has 0 aromatic heterocycles. The number of hydrogen-bond donors (Lipinski definition) is 2. The molecule has 0 atom stereocenters. The quantitative estimate of drug-likeness (QED) is 0.797. The van der Waals surface area contributed by atoms with Gasteiger partial charge in [-0.15, -0.1) is 23.5 Å². The van der Waals surface area contributed by atoms with Crippen molar-refractivity contribution >= 4 is 41.0 Å². The van der Waals surface area contributed by atoms with Crippen molar-refractivity contribution in [1.82, 2.24) is 0 Å². The molecule has 0 spiro atoms. The van der Waals surface area contributed by atoms with Crippen LogP contribution in [-0.2, 0) is 4.79 Å². The van der Waals surface area contributed by atoms with Gasteiger partial charge in [0, 0.05) is 15.5 Å². The van der Waals surface area contributed by atoms with E-state index in [1.54, 1.807) is 30.0 Å². The van der Waals surface area contributed by atoms with Crippen LogP contribution in [0, 0.1) is 0 Å². The maximum Gasteiger partial charge on any atom is 0.256 e. The summed E-state index contributed by atoms with van der Waals surface area (Å²) < 4.78 is 0. The van der Waals surface area contributed by atoms with E-state index < -0.39 is 5.91 Å². The molecule has 0 radical (unpaired) electrons. The Labute approximate surface area is 137 Å². The van der Waals surface area contributed by atoms with Gasteiger partial charge in [0.05, 0.1) is 11.3 Å². The molecule has 2 aromatic rings. The van der Waals surface area contributed by atoms with Crippen molar-refractivity contribution in [2.45, 2.75) is 9.79 Å². The summed E-state index contributed by atoms with van der Waals surface area (Å²) in [7, 11) is 0. The van der Waals surface area contributed by atoms with Gasteiger partial charge >= 0.3 is 0 Å². The highest BCUT2D eigenvalue weighted by molar-refractivity contribution is 8.00. The number of primary amides is 1. The monoisotopic (exact) mass is 332 g/mol. The van der Waals surface area contributed by atoms with Gasteiger partial charge in [-0.05, 0) is 36.6 Å². The van der Waals surface area contributed by atoms with Gasteiger partial charge in [-0.25, -0.2) is 0 Å². The molecule has 0 unspecified atom stereocenters. The number of nitrogens with two attached hydrogens (primary N) is 1. The summed E-state index contributed by atoms with van der Waals surface area (Å²) >= 11 is 2.88. The van der Waals surface area contributed by atoms with Crippen LogP contribution < -0.4 is 11.1 Å². The molecule has 114 valence electrons. The third-order valence-corrected chi connectivity index (χ3v) is 4.65. The van der Waals surface area contributed by atoms with Gasteiger partial charge in [0.1, 0.15) is 0 Å². The number of rotatable bonds is 6. The van der Waals surface area contributed by atoms with E-state index in [1.807, 2.05) is 36.6 Å². The van der Waals surface area contributed by atoms with Gasteiger partial charge in [0.2, 0.25) is 5.91 Å². The first-order valence-electron chi connectivity index (χ1n) is 6.55. The Kier molecular flexibility index (Phi) is 5.91. The summed E-state index contributed by atoms with van der Waals surface area (Å²) in [5, 5.41) is 2.88. The fourth-order valence-electron chi connectivity index (χ4n) is 1.83. The van der Waals surface area contributed by atoms with E-state index >= 15 is 0 Å². The zero-order valence-electron chi connectivity index (χ0n) is 12.0. The lowest BCUT2D eigenvalue weighted by Gasteiger charge is -2.10. The van der Waals surface area contributed by atoms with Crippen molar-refractivity contribution in [3.8, 4) is 0 Å². The van der Waals surface area contributed by atoms with Crippen molar-refractivity contribution in [3.05, 3.63) is 54.1 Å². The highest BCUT2D eigenvalue weighted by Gasteiger charge is 2.12. The highest BCUT2D eigenvalue weighted by atomic mass is 32.2. The van der Waals surface area contributed by atoms with Crippen molar-refractivity contribution < 1.29 is 9.59 Å². The van der Waals surface area contributed by atoms with E-state index in [0.717, 1.165) is 15.5 Å². The smallest absolute Gasteiger partial charge is 0.256 e. The molecule has 3 N–H and O–H groups in total. The summed E-state index contributed by atoms with van der Waals surface area (Å²) in [6, 6.07) is 14.8. The molecule has 0 saturated heterocycles. The zero-order valence-corrected chi connectivity index (χ0v) is 13.7. The van der Waals surface area contributed by atoms with Crippen LogP contribution in [0.4, 0.5) is 5.69 Å². The van der Waals surface area contributed by atoms with Crippen LogP contribution >= 0.6 is 23.5 Å². The topological polar surface area (TPSA) is 72.2 Å². The Morgan fingerprint density at radius 1 is 1.14 bits per heavy atom. The number of hydrogen-bond acceptors (Lipinski definition) is 4. The van der Waals surface area contributed by atoms with Gasteiger partial charge in [-0.2, -0.15) is 0 Å².